The number of amides is 1. The highest BCUT2D eigenvalue weighted by Crippen LogP contribution is 2.09. The molecular weight excluding hydrogens is 560 g/mol. The molecule has 0 aromatic carbocycles. The monoisotopic (exact) mass is 610 g/mol. The number of rotatable bonds is 29. The number of hydroxylamine groups is 2. The molecule has 2 unspecified atom stereocenters. The van der Waals surface area contributed by atoms with Gasteiger partial charge in [-0.25, -0.2) is 34.1 Å². The van der Waals surface area contributed by atoms with Crippen molar-refractivity contribution in [2.24, 2.45) is 20.0 Å². The fourth-order valence-electron chi connectivity index (χ4n) is 3.38. The molecule has 244 valence electrons. The van der Waals surface area contributed by atoms with Crippen LogP contribution in [0.4, 0.5) is 4.79 Å². The molecule has 0 aliphatic carbocycles. The van der Waals surface area contributed by atoms with E-state index in [9.17, 15) is 14.4 Å². The van der Waals surface area contributed by atoms with Gasteiger partial charge in [-0.15, -0.1) is 0 Å². The summed E-state index contributed by atoms with van der Waals surface area (Å²) >= 11 is 0. The molecule has 0 fully saturated rings. The summed E-state index contributed by atoms with van der Waals surface area (Å²) in [5.41, 5.74) is 0.828. The Kier molecular flexibility index (Phi) is 27.7. The molecule has 0 aromatic heterocycles. The lowest BCUT2D eigenvalue weighted by molar-refractivity contribution is -0.290. The van der Waals surface area contributed by atoms with Crippen molar-refractivity contribution in [3.63, 3.8) is 0 Å². The molecule has 0 bridgehead atoms. The zero-order valence-electron chi connectivity index (χ0n) is 26.0. The number of nitrogens with zero attached hydrogens (tertiary/aromatic N) is 5. The lowest BCUT2D eigenvalue weighted by atomic mass is 10.2. The minimum Gasteiger partial charge on any atom is -0.447 e. The van der Waals surface area contributed by atoms with E-state index in [1.807, 2.05) is 6.92 Å². The molecule has 1 amide bonds. The topological polar surface area (TPSA) is 162 Å². The number of aliphatic imine (C=N–C) groups is 4. The molecule has 0 aromatic rings. The smallest absolute Gasteiger partial charge is 0.407 e. The zero-order valence-corrected chi connectivity index (χ0v) is 26.0. The first kappa shape index (κ1) is 39.6. The Bertz CT molecular complexity index is 831. The third-order valence-corrected chi connectivity index (χ3v) is 5.66. The summed E-state index contributed by atoms with van der Waals surface area (Å²) in [5.74, 6) is 0. The van der Waals surface area contributed by atoms with Crippen LogP contribution in [-0.4, -0.2) is 81.5 Å². The van der Waals surface area contributed by atoms with Crippen LogP contribution in [0.25, 0.3) is 0 Å². The van der Waals surface area contributed by atoms with Gasteiger partial charge < -0.3 is 19.7 Å². The summed E-state index contributed by atoms with van der Waals surface area (Å²) in [6.45, 7) is 11.0. The summed E-state index contributed by atoms with van der Waals surface area (Å²) in [5, 5.41) is 3.89. The van der Waals surface area contributed by atoms with E-state index in [1.54, 1.807) is 12.2 Å². The second kappa shape index (κ2) is 30.1. The predicted octanol–water partition coefficient (Wildman–Crippen LogP) is 5.50. The van der Waals surface area contributed by atoms with Gasteiger partial charge in [-0.1, -0.05) is 64.5 Å². The van der Waals surface area contributed by atoms with Crippen molar-refractivity contribution in [1.82, 2.24) is 10.5 Å². The van der Waals surface area contributed by atoms with E-state index in [4.69, 9.17) is 24.2 Å². The van der Waals surface area contributed by atoms with Crippen LogP contribution in [0.15, 0.2) is 32.1 Å². The highest BCUT2D eigenvalue weighted by atomic mass is 17.2. The molecule has 14 heteroatoms. The molecule has 0 saturated carbocycles. The quantitative estimate of drug-likeness (QED) is 0.0219. The maximum atomic E-state index is 11.7. The standard InChI is InChI=1S/C29H50N6O8/c1-5-7-11-15-27(31-22-36)33-24-40-35(41-25-34-28(32-23-37)16-12-8-6-2)18-14-10-9-13-17-30-29(38)39-19-20-42-43-21-26(3)4/h24-25,27-28H,3,5-21H2,1-2,4H3,(H,30,38). The van der Waals surface area contributed by atoms with Gasteiger partial charge in [0.2, 0.25) is 25.0 Å². The Labute approximate surface area is 255 Å². The maximum Gasteiger partial charge on any atom is 0.407 e. The lowest BCUT2D eigenvalue weighted by Crippen LogP contribution is -2.27. The average molecular weight is 611 g/mol. The molecule has 1 N–H and O–H groups in total. The number of carbonyl (C=O) groups excluding carboxylic acids is 3. The Morgan fingerprint density at radius 3 is 1.95 bits per heavy atom. The molecule has 0 spiro atoms. The van der Waals surface area contributed by atoms with E-state index in [0.29, 0.717) is 32.4 Å². The van der Waals surface area contributed by atoms with E-state index in [2.05, 4.69) is 45.7 Å². The fraction of sp³-hybridized carbons (Fsp3) is 0.759. The van der Waals surface area contributed by atoms with Crippen LogP contribution in [-0.2, 0) is 33.8 Å². The van der Waals surface area contributed by atoms with Gasteiger partial charge in [-0.05, 0) is 45.4 Å². The number of ether oxygens (including phenoxy) is 1. The maximum absolute atomic E-state index is 11.7. The number of hydrogen-bond donors (Lipinski definition) is 1. The summed E-state index contributed by atoms with van der Waals surface area (Å²) < 4.78 is 5.00. The fourth-order valence-corrected chi connectivity index (χ4v) is 3.38. The summed E-state index contributed by atoms with van der Waals surface area (Å²) in [6.07, 6.45) is 14.0. The lowest BCUT2D eigenvalue weighted by Gasteiger charge is -2.17. The van der Waals surface area contributed by atoms with Crippen molar-refractivity contribution in [2.45, 2.75) is 110 Å². The van der Waals surface area contributed by atoms with Crippen molar-refractivity contribution >= 4 is 31.1 Å². The number of alkyl carbamates (subject to hydrolysis) is 1. The third kappa shape index (κ3) is 27.2. The van der Waals surface area contributed by atoms with Crippen molar-refractivity contribution in [3.05, 3.63) is 12.2 Å². The molecule has 43 heavy (non-hydrogen) atoms. The van der Waals surface area contributed by atoms with E-state index in [1.165, 1.54) is 18.0 Å². The molecule has 2 atom stereocenters. The molecular formula is C29H50N6O8. The number of carbonyl (C=O) groups is 1. The summed E-state index contributed by atoms with van der Waals surface area (Å²) in [6, 6.07) is 0. The Morgan fingerprint density at radius 1 is 0.837 bits per heavy atom. The van der Waals surface area contributed by atoms with Crippen LogP contribution in [0.5, 0.6) is 0 Å². The third-order valence-electron chi connectivity index (χ3n) is 5.66. The number of hydrogen-bond acceptors (Lipinski definition) is 13. The van der Waals surface area contributed by atoms with E-state index >= 15 is 0 Å². The van der Waals surface area contributed by atoms with Crippen LogP contribution in [0.3, 0.4) is 0 Å². The van der Waals surface area contributed by atoms with E-state index in [0.717, 1.165) is 63.4 Å². The summed E-state index contributed by atoms with van der Waals surface area (Å²) in [4.78, 5) is 69.8. The zero-order chi connectivity index (χ0) is 31.8. The SMILES string of the molecule is C=C(C)COOCCOC(=O)NCCCCCCN(OC=NC(CCCCC)N=C=O)OC=NC(CCCCC)N=C=O. The van der Waals surface area contributed by atoms with Crippen molar-refractivity contribution in [3.8, 4) is 0 Å². The highest BCUT2D eigenvalue weighted by Gasteiger charge is 2.09. The van der Waals surface area contributed by atoms with E-state index < -0.39 is 18.4 Å². The Balaban J connectivity index is 4.63. The van der Waals surface area contributed by atoms with Crippen LogP contribution < -0.4 is 5.32 Å². The minimum absolute atomic E-state index is 0.0758. The average Bonchev–Trinajstić information content (AvgIpc) is 2.98. The Morgan fingerprint density at radius 2 is 1.42 bits per heavy atom. The number of isocyanates is 2. The molecule has 0 rings (SSSR count). The normalized spacial score (nSPS) is 12.5. The van der Waals surface area contributed by atoms with Crippen molar-refractivity contribution in [2.75, 3.05) is 32.9 Å². The van der Waals surface area contributed by atoms with Gasteiger partial charge >= 0.3 is 6.09 Å². The Hall–Kier alpha value is -3.41. The van der Waals surface area contributed by atoms with Crippen LogP contribution in [0.2, 0.25) is 0 Å². The van der Waals surface area contributed by atoms with Crippen LogP contribution in [0.1, 0.15) is 97.8 Å². The number of unbranched alkanes of at least 4 members (excludes halogenated alkanes) is 7. The molecule has 0 aliphatic rings. The van der Waals surface area contributed by atoms with Gasteiger partial charge in [0.05, 0.1) is 6.54 Å². The second-order valence-electron chi connectivity index (χ2n) is 9.69. The number of nitrogens with one attached hydrogen (secondary N) is 1. The van der Waals surface area contributed by atoms with E-state index in [-0.39, 0.29) is 19.8 Å². The van der Waals surface area contributed by atoms with Crippen molar-refractivity contribution < 1.29 is 38.6 Å². The molecule has 0 saturated heterocycles. The highest BCUT2D eigenvalue weighted by molar-refractivity contribution is 5.66. The van der Waals surface area contributed by atoms with Gasteiger partial charge in [0.1, 0.15) is 19.8 Å². The van der Waals surface area contributed by atoms with Gasteiger partial charge in [0.15, 0.2) is 12.3 Å². The first-order valence-corrected chi connectivity index (χ1v) is 15.0. The van der Waals surface area contributed by atoms with Gasteiger partial charge in [-0.3, -0.25) is 0 Å². The first-order valence-electron chi connectivity index (χ1n) is 15.0. The van der Waals surface area contributed by atoms with Gasteiger partial charge in [-0.2, -0.15) is 9.98 Å². The minimum atomic E-state index is -0.578. The molecule has 0 radical (unpaired) electrons. The van der Waals surface area contributed by atoms with Gasteiger partial charge in [0.25, 0.3) is 0 Å². The van der Waals surface area contributed by atoms with Gasteiger partial charge in [0, 0.05) is 11.8 Å². The van der Waals surface area contributed by atoms with Crippen molar-refractivity contribution in [1.29, 1.82) is 0 Å². The molecule has 14 nitrogen and oxygen atoms in total. The van der Waals surface area contributed by atoms with Crippen LogP contribution >= 0.6 is 0 Å². The summed E-state index contributed by atoms with van der Waals surface area (Å²) in [7, 11) is 0. The largest absolute Gasteiger partial charge is 0.447 e. The second-order valence-corrected chi connectivity index (χ2v) is 9.69. The molecule has 0 heterocycles. The predicted molar refractivity (Wildman–Crippen MR) is 162 cm³/mol. The first-order chi connectivity index (χ1) is 21.0. The van der Waals surface area contributed by atoms with Crippen LogP contribution in [0, 0.1) is 0 Å². The molecule has 0 aliphatic heterocycles.